The predicted octanol–water partition coefficient (Wildman–Crippen LogP) is 2.84. The monoisotopic (exact) mass is 284 g/mol. The van der Waals surface area contributed by atoms with E-state index in [1.165, 1.54) is 6.92 Å². The Morgan fingerprint density at radius 1 is 1.14 bits per heavy atom. The van der Waals surface area contributed by atoms with Crippen LogP contribution in [0.3, 0.4) is 0 Å². The maximum Gasteiger partial charge on any atom is 0.216 e. The van der Waals surface area contributed by atoms with E-state index in [9.17, 15) is 4.79 Å². The van der Waals surface area contributed by atoms with Gasteiger partial charge < -0.3 is 15.8 Å². The smallest absolute Gasteiger partial charge is 0.216 e. The van der Waals surface area contributed by atoms with Gasteiger partial charge in [-0.25, -0.2) is 0 Å². The van der Waals surface area contributed by atoms with Crippen molar-refractivity contribution >= 4 is 11.6 Å². The van der Waals surface area contributed by atoms with Crippen LogP contribution >= 0.6 is 0 Å². The topological polar surface area (TPSA) is 64.3 Å². The van der Waals surface area contributed by atoms with Crippen LogP contribution in [-0.4, -0.2) is 19.1 Å². The number of hydrogen-bond acceptors (Lipinski definition) is 3. The number of nitrogens with one attached hydrogen (secondary N) is 1. The fourth-order valence-electron chi connectivity index (χ4n) is 2.01. The molecule has 0 fully saturated rings. The van der Waals surface area contributed by atoms with Gasteiger partial charge in [-0.3, -0.25) is 4.79 Å². The summed E-state index contributed by atoms with van der Waals surface area (Å²) in [6, 6.07) is 15.7. The normalized spacial score (nSPS) is 10.1. The molecule has 21 heavy (non-hydrogen) atoms. The van der Waals surface area contributed by atoms with Gasteiger partial charge in [-0.2, -0.15) is 0 Å². The highest BCUT2D eigenvalue weighted by atomic mass is 16.5. The number of anilines is 1. The lowest BCUT2D eigenvalue weighted by Crippen LogP contribution is -2.22. The second-order valence-corrected chi connectivity index (χ2v) is 4.84. The maximum atomic E-state index is 10.7. The van der Waals surface area contributed by atoms with Crippen molar-refractivity contribution in [2.75, 3.05) is 18.9 Å². The highest BCUT2D eigenvalue weighted by Gasteiger charge is 2.01. The fourth-order valence-corrected chi connectivity index (χ4v) is 2.01. The van der Waals surface area contributed by atoms with E-state index < -0.39 is 0 Å². The molecule has 2 rings (SSSR count). The van der Waals surface area contributed by atoms with Crippen molar-refractivity contribution in [3.05, 3.63) is 48.5 Å². The third-order valence-electron chi connectivity index (χ3n) is 3.02. The summed E-state index contributed by atoms with van der Waals surface area (Å²) in [5.74, 6) is 0.802. The molecule has 0 saturated heterocycles. The second kappa shape index (κ2) is 7.33. The van der Waals surface area contributed by atoms with Crippen molar-refractivity contribution in [2.24, 2.45) is 0 Å². The molecule has 0 aliphatic rings. The number of carbonyl (C=O) groups excluding carboxylic acids is 1. The maximum absolute atomic E-state index is 10.7. The third kappa shape index (κ3) is 4.84. The Hall–Kier alpha value is -2.49. The van der Waals surface area contributed by atoms with Crippen molar-refractivity contribution < 1.29 is 9.53 Å². The van der Waals surface area contributed by atoms with Crippen LogP contribution in [0, 0.1) is 0 Å². The van der Waals surface area contributed by atoms with E-state index in [0.29, 0.717) is 13.2 Å². The second-order valence-electron chi connectivity index (χ2n) is 4.84. The van der Waals surface area contributed by atoms with Crippen LogP contribution < -0.4 is 15.8 Å². The molecule has 1 amide bonds. The minimum absolute atomic E-state index is 0.0151. The number of benzene rings is 2. The van der Waals surface area contributed by atoms with Crippen LogP contribution in [0.15, 0.2) is 48.5 Å². The molecule has 2 aromatic rings. The van der Waals surface area contributed by atoms with Crippen molar-refractivity contribution in [1.29, 1.82) is 0 Å². The summed E-state index contributed by atoms with van der Waals surface area (Å²) in [5.41, 5.74) is 8.69. The van der Waals surface area contributed by atoms with E-state index in [0.717, 1.165) is 29.0 Å². The van der Waals surface area contributed by atoms with Gasteiger partial charge in [0.2, 0.25) is 5.91 Å². The van der Waals surface area contributed by atoms with Crippen LogP contribution in [-0.2, 0) is 4.79 Å². The van der Waals surface area contributed by atoms with Gasteiger partial charge in [0.1, 0.15) is 5.75 Å². The summed E-state index contributed by atoms with van der Waals surface area (Å²) in [4.78, 5) is 10.7. The molecule has 0 unspecified atom stereocenters. The van der Waals surface area contributed by atoms with E-state index in [1.54, 1.807) is 0 Å². The highest BCUT2D eigenvalue weighted by molar-refractivity contribution is 5.72. The molecule has 0 spiro atoms. The van der Waals surface area contributed by atoms with E-state index in [1.807, 2.05) is 48.5 Å². The standard InChI is InChI=1S/C17H20N2O2/c1-13(20)19-9-4-10-21-17-8-3-6-15(12-17)14-5-2-7-16(18)11-14/h2-3,5-8,11-12H,4,9-10,18H2,1H3,(H,19,20). The lowest BCUT2D eigenvalue weighted by atomic mass is 10.1. The molecule has 4 nitrogen and oxygen atoms in total. The Balaban J connectivity index is 1.93. The molecule has 0 atom stereocenters. The molecule has 0 radical (unpaired) electrons. The Kier molecular flexibility index (Phi) is 5.21. The number of nitrogens with two attached hydrogens (primary N) is 1. The zero-order valence-corrected chi connectivity index (χ0v) is 12.1. The zero-order chi connectivity index (χ0) is 15.1. The number of rotatable bonds is 6. The summed E-state index contributed by atoms with van der Waals surface area (Å²) in [7, 11) is 0. The summed E-state index contributed by atoms with van der Waals surface area (Å²) in [6.07, 6.45) is 0.780. The third-order valence-corrected chi connectivity index (χ3v) is 3.02. The van der Waals surface area contributed by atoms with Gasteiger partial charge in [-0.05, 0) is 41.8 Å². The van der Waals surface area contributed by atoms with Crippen LogP contribution in [0.1, 0.15) is 13.3 Å². The molecule has 4 heteroatoms. The highest BCUT2D eigenvalue weighted by Crippen LogP contribution is 2.25. The molecule has 2 aromatic carbocycles. The largest absolute Gasteiger partial charge is 0.494 e. The van der Waals surface area contributed by atoms with Crippen molar-refractivity contribution in [1.82, 2.24) is 5.32 Å². The van der Waals surface area contributed by atoms with Crippen LogP contribution in [0.4, 0.5) is 5.69 Å². The first-order valence-electron chi connectivity index (χ1n) is 6.98. The van der Waals surface area contributed by atoms with E-state index >= 15 is 0 Å². The van der Waals surface area contributed by atoms with Gasteiger partial charge in [-0.1, -0.05) is 24.3 Å². The molecule has 3 N–H and O–H groups in total. The summed E-state index contributed by atoms with van der Waals surface area (Å²) >= 11 is 0. The molecule has 0 aliphatic carbocycles. The lowest BCUT2D eigenvalue weighted by Gasteiger charge is -2.09. The predicted molar refractivity (Wildman–Crippen MR) is 85.1 cm³/mol. The average Bonchev–Trinajstić information content (AvgIpc) is 2.47. The molecule has 110 valence electrons. The van der Waals surface area contributed by atoms with Gasteiger partial charge in [0, 0.05) is 19.2 Å². The molecule has 0 heterocycles. The molecule has 0 aliphatic heterocycles. The summed E-state index contributed by atoms with van der Waals surface area (Å²) in [5, 5.41) is 2.74. The minimum atomic E-state index is -0.0151. The van der Waals surface area contributed by atoms with Gasteiger partial charge in [0.15, 0.2) is 0 Å². The fraction of sp³-hybridized carbons (Fsp3) is 0.235. The van der Waals surface area contributed by atoms with Crippen LogP contribution in [0.5, 0.6) is 5.75 Å². The van der Waals surface area contributed by atoms with E-state index in [2.05, 4.69) is 5.32 Å². The molecular weight excluding hydrogens is 264 g/mol. The Labute approximate surface area is 124 Å². The van der Waals surface area contributed by atoms with Crippen molar-refractivity contribution in [3.8, 4) is 16.9 Å². The Bertz CT molecular complexity index is 611. The zero-order valence-electron chi connectivity index (χ0n) is 12.1. The first-order valence-corrected chi connectivity index (χ1v) is 6.98. The van der Waals surface area contributed by atoms with Gasteiger partial charge in [-0.15, -0.1) is 0 Å². The first kappa shape index (κ1) is 14.9. The van der Waals surface area contributed by atoms with Crippen molar-refractivity contribution in [3.63, 3.8) is 0 Å². The molecular formula is C17H20N2O2. The van der Waals surface area contributed by atoms with E-state index in [-0.39, 0.29) is 5.91 Å². The Morgan fingerprint density at radius 3 is 2.57 bits per heavy atom. The van der Waals surface area contributed by atoms with Crippen LogP contribution in [0.2, 0.25) is 0 Å². The number of carbonyl (C=O) groups is 1. The average molecular weight is 284 g/mol. The quantitative estimate of drug-likeness (QED) is 0.633. The van der Waals surface area contributed by atoms with Gasteiger partial charge >= 0.3 is 0 Å². The van der Waals surface area contributed by atoms with E-state index in [4.69, 9.17) is 10.5 Å². The number of hydrogen-bond donors (Lipinski definition) is 2. The first-order chi connectivity index (χ1) is 10.1. The van der Waals surface area contributed by atoms with Gasteiger partial charge in [0.05, 0.1) is 6.61 Å². The van der Waals surface area contributed by atoms with Crippen molar-refractivity contribution in [2.45, 2.75) is 13.3 Å². The van der Waals surface area contributed by atoms with Crippen LogP contribution in [0.25, 0.3) is 11.1 Å². The minimum Gasteiger partial charge on any atom is -0.494 e. The molecule has 0 saturated carbocycles. The van der Waals surface area contributed by atoms with Gasteiger partial charge in [0.25, 0.3) is 0 Å². The lowest BCUT2D eigenvalue weighted by molar-refractivity contribution is -0.118. The summed E-state index contributed by atoms with van der Waals surface area (Å²) < 4.78 is 5.70. The summed E-state index contributed by atoms with van der Waals surface area (Å²) in [6.45, 7) is 2.71. The Morgan fingerprint density at radius 2 is 1.86 bits per heavy atom. The number of ether oxygens (including phenoxy) is 1. The molecule has 0 bridgehead atoms. The number of nitrogen functional groups attached to an aromatic ring is 1. The number of amides is 1. The molecule has 0 aromatic heterocycles. The SMILES string of the molecule is CC(=O)NCCCOc1cccc(-c2cccc(N)c2)c1.